The van der Waals surface area contributed by atoms with Crippen molar-refractivity contribution in [3.05, 3.63) is 36.9 Å². The van der Waals surface area contributed by atoms with Crippen LogP contribution in [0.1, 0.15) is 23.5 Å². The molecule has 0 aliphatic heterocycles. The summed E-state index contributed by atoms with van der Waals surface area (Å²) in [7, 11) is 0. The Bertz CT molecular complexity index is 551. The van der Waals surface area contributed by atoms with Gasteiger partial charge in [0.2, 0.25) is 0 Å². The molecule has 20 heavy (non-hydrogen) atoms. The maximum Gasteiger partial charge on any atom is 0.287 e. The second kappa shape index (κ2) is 5.46. The third kappa shape index (κ3) is 2.72. The van der Waals surface area contributed by atoms with Crippen LogP contribution in [0.3, 0.4) is 0 Å². The number of carbonyl (C=O) groups is 1. The van der Waals surface area contributed by atoms with Gasteiger partial charge in [-0.05, 0) is 18.8 Å². The SMILES string of the molecule is O=C(N[C@@H]1CC(Cn2ccnc2)C[C@H]1O)c1ncc[nH]1. The van der Waals surface area contributed by atoms with Gasteiger partial charge in [-0.3, -0.25) is 4.79 Å². The molecule has 3 rings (SSSR count). The average molecular weight is 275 g/mol. The third-order valence-electron chi connectivity index (χ3n) is 3.68. The number of aliphatic hydroxyl groups excluding tert-OH is 1. The molecule has 1 aliphatic carbocycles. The molecular weight excluding hydrogens is 258 g/mol. The number of carbonyl (C=O) groups excluding carboxylic acids is 1. The zero-order valence-electron chi connectivity index (χ0n) is 10.9. The number of rotatable bonds is 4. The summed E-state index contributed by atoms with van der Waals surface area (Å²) in [6.45, 7) is 0.810. The Morgan fingerprint density at radius 1 is 1.50 bits per heavy atom. The highest BCUT2D eigenvalue weighted by Gasteiger charge is 2.34. The lowest BCUT2D eigenvalue weighted by molar-refractivity contribution is 0.0863. The van der Waals surface area contributed by atoms with Crippen LogP contribution in [0.15, 0.2) is 31.1 Å². The summed E-state index contributed by atoms with van der Waals surface area (Å²) in [6, 6.07) is -0.221. The lowest BCUT2D eigenvalue weighted by Crippen LogP contribution is -2.40. The van der Waals surface area contributed by atoms with Gasteiger partial charge in [0.15, 0.2) is 5.82 Å². The first kappa shape index (κ1) is 12.9. The van der Waals surface area contributed by atoms with E-state index >= 15 is 0 Å². The highest BCUT2D eigenvalue weighted by molar-refractivity contribution is 5.90. The van der Waals surface area contributed by atoms with Crippen molar-refractivity contribution in [2.45, 2.75) is 31.5 Å². The van der Waals surface area contributed by atoms with E-state index in [2.05, 4.69) is 20.3 Å². The van der Waals surface area contributed by atoms with Crippen LogP contribution in [0.5, 0.6) is 0 Å². The van der Waals surface area contributed by atoms with Crippen molar-refractivity contribution < 1.29 is 9.90 Å². The predicted octanol–water partition coefficient (Wildman–Crippen LogP) is 0.176. The molecule has 1 unspecified atom stereocenters. The summed E-state index contributed by atoms with van der Waals surface area (Å²) >= 11 is 0. The number of nitrogens with one attached hydrogen (secondary N) is 2. The van der Waals surface area contributed by atoms with E-state index in [0.29, 0.717) is 12.3 Å². The van der Waals surface area contributed by atoms with Crippen molar-refractivity contribution in [3.63, 3.8) is 0 Å². The average Bonchev–Trinajstić information content (AvgIpc) is 3.14. The molecule has 7 nitrogen and oxygen atoms in total. The molecule has 2 heterocycles. The van der Waals surface area contributed by atoms with Gasteiger partial charge in [0.05, 0.1) is 18.5 Å². The minimum atomic E-state index is -0.512. The van der Waals surface area contributed by atoms with Crippen LogP contribution in [0.4, 0.5) is 0 Å². The molecule has 3 atom stereocenters. The topological polar surface area (TPSA) is 95.8 Å². The first-order chi connectivity index (χ1) is 9.72. The van der Waals surface area contributed by atoms with Crippen LogP contribution in [0.25, 0.3) is 0 Å². The van der Waals surface area contributed by atoms with E-state index in [1.807, 2.05) is 10.8 Å². The zero-order chi connectivity index (χ0) is 13.9. The van der Waals surface area contributed by atoms with E-state index in [9.17, 15) is 9.90 Å². The number of nitrogens with zero attached hydrogens (tertiary/aromatic N) is 3. The Hall–Kier alpha value is -2.15. The molecule has 0 aromatic carbocycles. The number of hydrogen-bond acceptors (Lipinski definition) is 4. The van der Waals surface area contributed by atoms with Crippen LogP contribution in [-0.4, -0.2) is 42.7 Å². The number of hydrogen-bond donors (Lipinski definition) is 3. The van der Waals surface area contributed by atoms with E-state index < -0.39 is 6.10 Å². The van der Waals surface area contributed by atoms with Crippen molar-refractivity contribution in [2.24, 2.45) is 5.92 Å². The molecule has 1 amide bonds. The van der Waals surface area contributed by atoms with Crippen molar-refractivity contribution in [1.29, 1.82) is 0 Å². The van der Waals surface area contributed by atoms with Gasteiger partial charge in [0, 0.05) is 31.3 Å². The number of H-pyrrole nitrogens is 1. The van der Waals surface area contributed by atoms with Gasteiger partial charge in [0.1, 0.15) is 0 Å². The van der Waals surface area contributed by atoms with Gasteiger partial charge >= 0.3 is 0 Å². The lowest BCUT2D eigenvalue weighted by atomic mass is 10.1. The van der Waals surface area contributed by atoms with Crippen LogP contribution >= 0.6 is 0 Å². The first-order valence-corrected chi connectivity index (χ1v) is 6.66. The van der Waals surface area contributed by atoms with Gasteiger partial charge in [-0.1, -0.05) is 0 Å². The number of aliphatic hydroxyl groups is 1. The molecular formula is C13H17N5O2. The smallest absolute Gasteiger partial charge is 0.287 e. The van der Waals surface area contributed by atoms with Crippen LogP contribution in [0.2, 0.25) is 0 Å². The van der Waals surface area contributed by atoms with Crippen molar-refractivity contribution in [3.8, 4) is 0 Å². The normalized spacial score (nSPS) is 25.8. The van der Waals surface area contributed by atoms with E-state index in [4.69, 9.17) is 0 Å². The monoisotopic (exact) mass is 275 g/mol. The molecule has 0 radical (unpaired) electrons. The zero-order valence-corrected chi connectivity index (χ0v) is 10.9. The van der Waals surface area contributed by atoms with E-state index in [1.54, 1.807) is 18.7 Å². The fourth-order valence-corrected chi connectivity index (χ4v) is 2.74. The second-order valence-electron chi connectivity index (χ2n) is 5.18. The molecule has 1 fully saturated rings. The summed E-state index contributed by atoms with van der Waals surface area (Å²) in [5, 5.41) is 12.9. The van der Waals surface area contributed by atoms with Gasteiger partial charge < -0.3 is 20.0 Å². The molecule has 106 valence electrons. The van der Waals surface area contributed by atoms with Crippen molar-refractivity contribution >= 4 is 5.91 Å². The highest BCUT2D eigenvalue weighted by Crippen LogP contribution is 2.27. The Kier molecular flexibility index (Phi) is 3.51. The van der Waals surface area contributed by atoms with Crippen LogP contribution < -0.4 is 5.32 Å². The maximum absolute atomic E-state index is 11.9. The molecule has 0 saturated heterocycles. The van der Waals surface area contributed by atoms with E-state index in [1.165, 1.54) is 6.20 Å². The highest BCUT2D eigenvalue weighted by atomic mass is 16.3. The molecule has 0 bridgehead atoms. The van der Waals surface area contributed by atoms with Crippen LogP contribution in [0, 0.1) is 5.92 Å². The fourth-order valence-electron chi connectivity index (χ4n) is 2.74. The number of amides is 1. The minimum absolute atomic E-state index is 0.221. The lowest BCUT2D eigenvalue weighted by Gasteiger charge is -2.15. The maximum atomic E-state index is 11.9. The quantitative estimate of drug-likeness (QED) is 0.741. The molecule has 3 N–H and O–H groups in total. The Balaban J connectivity index is 1.57. The fraction of sp³-hybridized carbons (Fsp3) is 0.462. The summed E-state index contributed by atoms with van der Waals surface area (Å²) < 4.78 is 1.99. The summed E-state index contributed by atoms with van der Waals surface area (Å²) in [5.74, 6) is 0.332. The largest absolute Gasteiger partial charge is 0.391 e. The second-order valence-corrected chi connectivity index (χ2v) is 5.18. The minimum Gasteiger partial charge on any atom is -0.391 e. The molecule has 0 spiro atoms. The van der Waals surface area contributed by atoms with Gasteiger partial charge in [-0.15, -0.1) is 0 Å². The number of aromatic amines is 1. The molecule has 7 heteroatoms. The van der Waals surface area contributed by atoms with Crippen LogP contribution in [-0.2, 0) is 6.54 Å². The Morgan fingerprint density at radius 3 is 3.10 bits per heavy atom. The third-order valence-corrected chi connectivity index (χ3v) is 3.68. The van der Waals surface area contributed by atoms with Gasteiger partial charge in [0.25, 0.3) is 5.91 Å². The number of aromatic nitrogens is 4. The standard InChI is InChI=1S/C13H17N5O2/c19-11-6-9(7-18-4-3-14-8-18)5-10(11)17-13(20)12-15-1-2-16-12/h1-4,8-11,19H,5-7H2,(H,15,16)(H,17,20)/t9?,10-,11-/m1/s1. The van der Waals surface area contributed by atoms with E-state index in [-0.39, 0.29) is 17.8 Å². The van der Waals surface area contributed by atoms with E-state index in [0.717, 1.165) is 13.0 Å². The number of imidazole rings is 2. The predicted molar refractivity (Wildman–Crippen MR) is 70.8 cm³/mol. The molecule has 1 aliphatic rings. The molecule has 1 saturated carbocycles. The Morgan fingerprint density at radius 2 is 2.40 bits per heavy atom. The summed E-state index contributed by atoms with van der Waals surface area (Å²) in [6.07, 6.45) is 9.46. The summed E-state index contributed by atoms with van der Waals surface area (Å²) in [4.78, 5) is 22.6. The van der Waals surface area contributed by atoms with Gasteiger partial charge in [-0.2, -0.15) is 0 Å². The first-order valence-electron chi connectivity index (χ1n) is 6.66. The molecule has 2 aromatic rings. The van der Waals surface area contributed by atoms with Gasteiger partial charge in [-0.25, -0.2) is 9.97 Å². The summed E-state index contributed by atoms with van der Waals surface area (Å²) in [5.41, 5.74) is 0. The van der Waals surface area contributed by atoms with Crippen molar-refractivity contribution in [2.75, 3.05) is 0 Å². The molecule has 2 aromatic heterocycles. The Labute approximate surface area is 116 Å². The van der Waals surface area contributed by atoms with Crippen molar-refractivity contribution in [1.82, 2.24) is 24.8 Å².